The van der Waals surface area contributed by atoms with Crippen LogP contribution < -0.4 is 0 Å². The van der Waals surface area contributed by atoms with Crippen LogP contribution in [0.2, 0.25) is 0 Å². The molecule has 0 unspecified atom stereocenters. The first-order chi connectivity index (χ1) is 12.3. The van der Waals surface area contributed by atoms with Gasteiger partial charge in [0.05, 0.1) is 0 Å². The second kappa shape index (κ2) is 5.81. The van der Waals surface area contributed by atoms with E-state index in [9.17, 15) is 52.7 Å². The summed E-state index contributed by atoms with van der Waals surface area (Å²) in [6, 6.07) is 0. The van der Waals surface area contributed by atoms with E-state index in [1.165, 1.54) is 0 Å². The van der Waals surface area contributed by atoms with Crippen molar-refractivity contribution in [3.8, 4) is 0 Å². The number of hydrogen-bond donors (Lipinski definition) is 0. The molecule has 0 saturated carbocycles. The first kappa shape index (κ1) is 24.7. The fourth-order valence-corrected chi connectivity index (χ4v) is 5.80. The molecule has 2 heterocycles. The lowest BCUT2D eigenvalue weighted by Gasteiger charge is -2.41. The zero-order valence-corrected chi connectivity index (χ0v) is 15.5. The van der Waals surface area contributed by atoms with Crippen LogP contribution in [0.1, 0.15) is 27.7 Å². The van der Waals surface area contributed by atoms with Gasteiger partial charge in [0, 0.05) is 0 Å². The maximum absolute atomic E-state index is 13.5. The van der Waals surface area contributed by atoms with Gasteiger partial charge in [-0.25, -0.2) is 0 Å². The molecule has 17 heteroatoms. The van der Waals surface area contributed by atoms with Crippen LogP contribution in [0.15, 0.2) is 0 Å². The van der Waals surface area contributed by atoms with E-state index in [0.717, 1.165) is 27.7 Å². The summed E-state index contributed by atoms with van der Waals surface area (Å²) in [6.45, 7) is 3.77. The van der Waals surface area contributed by atoms with Crippen molar-refractivity contribution < 1.29 is 70.8 Å². The molecule has 172 valence electrons. The molecule has 0 aromatic carbocycles. The van der Waals surface area contributed by atoms with Gasteiger partial charge in [0.15, 0.2) is 0 Å². The standard InChI is InChI=1S/C12H12F12O4P/c1-5(2)6(3,4)26-29(25-5)27-7(9(13,14)15,10(16,17)18)8(28-29,11(19,20)21)12(22,23)24/h1-4H3/q+1. The predicted octanol–water partition coefficient (Wildman–Crippen LogP) is 6.04. The molecule has 0 N–H and O–H groups in total. The van der Waals surface area contributed by atoms with Crippen LogP contribution in [0, 0.1) is 0 Å². The summed E-state index contributed by atoms with van der Waals surface area (Å²) in [6.07, 6.45) is -29.2. The zero-order valence-electron chi connectivity index (χ0n) is 14.6. The van der Waals surface area contributed by atoms with E-state index in [-0.39, 0.29) is 0 Å². The van der Waals surface area contributed by atoms with Gasteiger partial charge in [0.2, 0.25) is 0 Å². The lowest BCUT2D eigenvalue weighted by molar-refractivity contribution is -0.464. The van der Waals surface area contributed by atoms with Crippen molar-refractivity contribution in [2.24, 2.45) is 0 Å². The molecule has 0 amide bonds. The second-order valence-corrected chi connectivity index (χ2v) is 8.81. The predicted molar refractivity (Wildman–Crippen MR) is 69.1 cm³/mol. The Morgan fingerprint density at radius 2 is 0.655 bits per heavy atom. The fourth-order valence-electron chi connectivity index (χ4n) is 2.68. The Balaban J connectivity index is 2.97. The molecule has 0 radical (unpaired) electrons. The number of halogens is 12. The minimum Gasteiger partial charge on any atom is -0.167 e. The van der Waals surface area contributed by atoms with E-state index < -0.39 is 55.3 Å². The third-order valence-electron chi connectivity index (χ3n) is 4.72. The monoisotopic (exact) mass is 479 g/mol. The third-order valence-corrected chi connectivity index (χ3v) is 7.08. The Hall–Kier alpha value is -0.570. The normalized spacial score (nSPS) is 28.1. The summed E-state index contributed by atoms with van der Waals surface area (Å²) >= 11 is 0. The summed E-state index contributed by atoms with van der Waals surface area (Å²) in [4.78, 5) is 0. The second-order valence-electron chi connectivity index (χ2n) is 7.19. The van der Waals surface area contributed by atoms with Gasteiger partial charge in [-0.1, -0.05) is 0 Å². The summed E-state index contributed by atoms with van der Waals surface area (Å²) in [5.74, 6) is 0. The third kappa shape index (κ3) is 2.96. The Morgan fingerprint density at radius 1 is 0.448 bits per heavy atom. The van der Waals surface area contributed by atoms with Gasteiger partial charge in [-0.15, -0.1) is 18.1 Å². The zero-order chi connectivity index (χ0) is 23.3. The summed E-state index contributed by atoms with van der Waals surface area (Å²) < 4.78 is 178. The molecule has 2 saturated heterocycles. The molecule has 2 aliphatic rings. The Labute approximate surface area is 155 Å². The van der Waals surface area contributed by atoms with Crippen LogP contribution in [0.4, 0.5) is 52.7 Å². The number of hydrogen-bond acceptors (Lipinski definition) is 4. The smallest absolute Gasteiger partial charge is 0.167 e. The molecule has 0 atom stereocenters. The minimum atomic E-state index is -7.30. The van der Waals surface area contributed by atoms with Gasteiger partial charge in [0.25, 0.3) is 0 Å². The lowest BCUT2D eigenvalue weighted by Crippen LogP contribution is -2.79. The van der Waals surface area contributed by atoms with E-state index in [1.807, 2.05) is 0 Å². The van der Waals surface area contributed by atoms with Crippen LogP contribution in [0.5, 0.6) is 0 Å². The quantitative estimate of drug-likeness (QED) is 0.314. The summed E-state index contributed by atoms with van der Waals surface area (Å²) in [7, 11) is -5.95. The average molecular weight is 479 g/mol. The highest BCUT2D eigenvalue weighted by molar-refractivity contribution is 7.57. The SMILES string of the molecule is CC1(C)O[P+]2(OC1(C)C)OC(C(F)(F)F)(C(F)(F)F)C(C(F)(F)F)(C(F)(F)F)O2. The largest absolute Gasteiger partial charge is 0.579 e. The molecular weight excluding hydrogens is 467 g/mol. The summed E-state index contributed by atoms with van der Waals surface area (Å²) in [5.41, 5.74) is -17.8. The summed E-state index contributed by atoms with van der Waals surface area (Å²) in [5, 5.41) is 0. The highest BCUT2D eigenvalue weighted by Gasteiger charge is 3.07. The first-order valence-electron chi connectivity index (χ1n) is 7.31. The highest BCUT2D eigenvalue weighted by atomic mass is 31.2. The molecule has 2 aliphatic heterocycles. The van der Waals surface area contributed by atoms with Crippen molar-refractivity contribution in [2.75, 3.05) is 0 Å². The van der Waals surface area contributed by atoms with Crippen molar-refractivity contribution in [3.05, 3.63) is 0 Å². The van der Waals surface area contributed by atoms with Crippen LogP contribution in [0.25, 0.3) is 0 Å². The van der Waals surface area contributed by atoms with E-state index in [2.05, 4.69) is 18.1 Å². The van der Waals surface area contributed by atoms with Gasteiger partial charge in [-0.3, -0.25) is 0 Å². The number of alkyl halides is 12. The number of rotatable bonds is 0. The molecule has 2 rings (SSSR count). The molecule has 0 aliphatic carbocycles. The van der Waals surface area contributed by atoms with Crippen molar-refractivity contribution in [1.82, 2.24) is 0 Å². The fraction of sp³-hybridized carbons (Fsp3) is 1.00. The van der Waals surface area contributed by atoms with Crippen LogP contribution in [0.3, 0.4) is 0 Å². The lowest BCUT2D eigenvalue weighted by atomic mass is 9.79. The van der Waals surface area contributed by atoms with Gasteiger partial charge in [-0.05, 0) is 27.7 Å². The maximum atomic E-state index is 13.5. The van der Waals surface area contributed by atoms with Gasteiger partial charge in [-0.2, -0.15) is 52.7 Å². The minimum absolute atomic E-state index is 0.943. The van der Waals surface area contributed by atoms with Crippen molar-refractivity contribution >= 4 is 8.17 Å². The van der Waals surface area contributed by atoms with E-state index in [0.29, 0.717) is 0 Å². The molecule has 4 nitrogen and oxygen atoms in total. The van der Waals surface area contributed by atoms with Crippen molar-refractivity contribution in [2.45, 2.75) is 74.8 Å². The van der Waals surface area contributed by atoms with Crippen LogP contribution in [-0.4, -0.2) is 47.1 Å². The molecule has 0 bridgehead atoms. The molecule has 29 heavy (non-hydrogen) atoms. The van der Waals surface area contributed by atoms with Crippen LogP contribution >= 0.6 is 8.17 Å². The van der Waals surface area contributed by atoms with E-state index in [4.69, 9.17) is 0 Å². The van der Waals surface area contributed by atoms with Gasteiger partial charge >= 0.3 is 44.1 Å². The molecule has 0 aromatic rings. The van der Waals surface area contributed by atoms with Crippen molar-refractivity contribution in [1.29, 1.82) is 0 Å². The first-order valence-corrected chi connectivity index (χ1v) is 8.78. The molecule has 2 fully saturated rings. The molecule has 0 aromatic heterocycles. The Bertz CT molecular complexity index is 588. The topological polar surface area (TPSA) is 36.9 Å². The Morgan fingerprint density at radius 3 is 0.828 bits per heavy atom. The molecular formula is C12H12F12O4P+. The van der Waals surface area contributed by atoms with Gasteiger partial charge < -0.3 is 0 Å². The van der Waals surface area contributed by atoms with Crippen LogP contribution in [-0.2, 0) is 18.1 Å². The van der Waals surface area contributed by atoms with Crippen molar-refractivity contribution in [3.63, 3.8) is 0 Å². The van der Waals surface area contributed by atoms with E-state index in [1.54, 1.807) is 0 Å². The molecule has 1 spiro atoms. The Kier molecular flexibility index (Phi) is 4.95. The highest BCUT2D eigenvalue weighted by Crippen LogP contribution is 2.87. The average Bonchev–Trinajstić information content (AvgIpc) is 2.76. The van der Waals surface area contributed by atoms with E-state index >= 15 is 0 Å². The maximum Gasteiger partial charge on any atom is 0.579 e. The van der Waals surface area contributed by atoms with Gasteiger partial charge in [0.1, 0.15) is 11.2 Å².